The summed E-state index contributed by atoms with van der Waals surface area (Å²) >= 11 is 5.61. The van der Waals surface area contributed by atoms with E-state index in [1.807, 2.05) is 25.1 Å². The molecule has 2 aromatic rings. The summed E-state index contributed by atoms with van der Waals surface area (Å²) in [4.78, 5) is 7.04. The summed E-state index contributed by atoms with van der Waals surface area (Å²) in [5.41, 5.74) is 0.990. The number of benzene rings is 1. The van der Waals surface area contributed by atoms with Gasteiger partial charge in [0.15, 0.2) is 0 Å². The number of hydrogen-bond acceptors (Lipinski definition) is 3. The molecule has 0 bridgehead atoms. The summed E-state index contributed by atoms with van der Waals surface area (Å²) in [6.45, 7) is 10.5. The zero-order valence-electron chi connectivity index (χ0n) is 11.9. The van der Waals surface area contributed by atoms with Gasteiger partial charge in [0.1, 0.15) is 10.5 Å². The molecular weight excluding hydrogens is 254 g/mol. The molecule has 0 saturated heterocycles. The quantitative estimate of drug-likeness (QED) is 0.780. The molecule has 4 heteroatoms. The molecule has 2 rings (SSSR count). The van der Waals surface area contributed by atoms with Crippen LogP contribution >= 0.6 is 12.2 Å². The van der Waals surface area contributed by atoms with Gasteiger partial charge in [-0.1, -0.05) is 38.2 Å². The third kappa shape index (κ3) is 3.01. The van der Waals surface area contributed by atoms with E-state index in [9.17, 15) is 0 Å². The van der Waals surface area contributed by atoms with Crippen molar-refractivity contribution in [3.05, 3.63) is 34.7 Å². The maximum absolute atomic E-state index is 5.61. The average Bonchev–Trinajstić information content (AvgIpc) is 2.43. The van der Waals surface area contributed by atoms with Gasteiger partial charge >= 0.3 is 0 Å². The number of aryl methyl sites for hydroxylation is 1. The van der Waals surface area contributed by atoms with E-state index < -0.39 is 0 Å². The molecule has 0 aliphatic rings. The lowest BCUT2D eigenvalue weighted by Gasteiger charge is -2.20. The minimum Gasteiger partial charge on any atom is -0.319 e. The molecular formula is C15H21N3S. The lowest BCUT2D eigenvalue weighted by molar-refractivity contribution is 0.288. The smallest absolute Gasteiger partial charge is 0.116 e. The highest BCUT2D eigenvalue weighted by molar-refractivity contribution is 7.71. The summed E-state index contributed by atoms with van der Waals surface area (Å²) < 4.78 is 3.05. The Balaban J connectivity index is 2.35. The Labute approximate surface area is 119 Å². The first kappa shape index (κ1) is 14.2. The number of rotatable bonds is 5. The van der Waals surface area contributed by atoms with Crippen LogP contribution in [0.2, 0.25) is 0 Å². The van der Waals surface area contributed by atoms with Crippen molar-refractivity contribution in [1.29, 1.82) is 0 Å². The van der Waals surface area contributed by atoms with Gasteiger partial charge in [-0.15, -0.1) is 0 Å². The van der Waals surface area contributed by atoms with Gasteiger partial charge in [0.05, 0.1) is 5.52 Å². The number of para-hydroxylation sites is 1. The highest BCUT2D eigenvalue weighted by Gasteiger charge is 2.06. The molecule has 1 heterocycles. The highest BCUT2D eigenvalue weighted by atomic mass is 32.1. The zero-order valence-corrected chi connectivity index (χ0v) is 12.7. The standard InChI is InChI=1S/C15H21N3S/c1-4-17(5-2)10-11-18-12(3)16-14-9-7-6-8-13(14)15(18)19/h6-9H,4-5,10-11H2,1-3H3. The number of nitrogens with zero attached hydrogens (tertiary/aromatic N) is 3. The maximum atomic E-state index is 5.61. The van der Waals surface area contributed by atoms with E-state index in [4.69, 9.17) is 12.2 Å². The van der Waals surface area contributed by atoms with Crippen LogP contribution in [0.5, 0.6) is 0 Å². The van der Waals surface area contributed by atoms with Gasteiger partial charge in [0.25, 0.3) is 0 Å². The molecule has 0 unspecified atom stereocenters. The fourth-order valence-electron chi connectivity index (χ4n) is 2.32. The zero-order chi connectivity index (χ0) is 13.8. The molecule has 0 spiro atoms. The third-order valence-corrected chi connectivity index (χ3v) is 4.03. The van der Waals surface area contributed by atoms with Crippen molar-refractivity contribution in [2.24, 2.45) is 0 Å². The minimum atomic E-state index is 0.898. The Morgan fingerprint density at radius 1 is 1.21 bits per heavy atom. The molecule has 0 atom stereocenters. The first-order chi connectivity index (χ1) is 9.17. The second-order valence-corrected chi connectivity index (χ2v) is 5.05. The topological polar surface area (TPSA) is 21.1 Å². The van der Waals surface area contributed by atoms with Gasteiger partial charge < -0.3 is 9.47 Å². The second-order valence-electron chi connectivity index (χ2n) is 4.66. The molecule has 0 radical (unpaired) electrons. The highest BCUT2D eigenvalue weighted by Crippen LogP contribution is 2.14. The molecule has 1 aromatic heterocycles. The van der Waals surface area contributed by atoms with Gasteiger partial charge in [0.2, 0.25) is 0 Å². The molecule has 0 aliphatic heterocycles. The van der Waals surface area contributed by atoms with E-state index in [2.05, 4.69) is 34.4 Å². The van der Waals surface area contributed by atoms with Crippen molar-refractivity contribution in [2.75, 3.05) is 19.6 Å². The summed E-state index contributed by atoms with van der Waals surface area (Å²) in [7, 11) is 0. The van der Waals surface area contributed by atoms with Crippen LogP contribution in [0.3, 0.4) is 0 Å². The van der Waals surface area contributed by atoms with Crippen LogP contribution in [0.4, 0.5) is 0 Å². The van der Waals surface area contributed by atoms with Crippen LogP contribution in [0.1, 0.15) is 19.7 Å². The van der Waals surface area contributed by atoms with Gasteiger partial charge in [-0.25, -0.2) is 4.98 Å². The first-order valence-corrected chi connectivity index (χ1v) is 7.26. The normalized spacial score (nSPS) is 11.4. The van der Waals surface area contributed by atoms with Crippen LogP contribution in [0.25, 0.3) is 10.9 Å². The van der Waals surface area contributed by atoms with Crippen molar-refractivity contribution in [1.82, 2.24) is 14.5 Å². The van der Waals surface area contributed by atoms with Gasteiger partial charge in [0, 0.05) is 18.5 Å². The molecule has 3 nitrogen and oxygen atoms in total. The summed E-state index contributed by atoms with van der Waals surface area (Å²) in [6.07, 6.45) is 0. The predicted octanol–water partition coefficient (Wildman–Crippen LogP) is 3.42. The van der Waals surface area contributed by atoms with Crippen molar-refractivity contribution in [3.63, 3.8) is 0 Å². The largest absolute Gasteiger partial charge is 0.319 e. The van der Waals surface area contributed by atoms with Crippen molar-refractivity contribution in [3.8, 4) is 0 Å². The summed E-state index contributed by atoms with van der Waals surface area (Å²) in [5.74, 6) is 0.996. The molecule has 0 aliphatic carbocycles. The van der Waals surface area contributed by atoms with Crippen LogP contribution in [0, 0.1) is 11.6 Å². The number of aromatic nitrogens is 2. The Kier molecular flexibility index (Phi) is 4.66. The lowest BCUT2D eigenvalue weighted by Crippen LogP contribution is -2.28. The van der Waals surface area contributed by atoms with Crippen molar-refractivity contribution >= 4 is 23.1 Å². The Morgan fingerprint density at radius 3 is 2.58 bits per heavy atom. The SMILES string of the molecule is CCN(CC)CCn1c(C)nc2ccccc2c1=S. The second kappa shape index (κ2) is 6.26. The Morgan fingerprint density at radius 2 is 1.89 bits per heavy atom. The van der Waals surface area contributed by atoms with Crippen LogP contribution in [-0.2, 0) is 6.54 Å². The molecule has 1 aromatic carbocycles. The molecule has 0 amide bonds. The van der Waals surface area contributed by atoms with Crippen LogP contribution in [-0.4, -0.2) is 34.1 Å². The lowest BCUT2D eigenvalue weighted by atomic mass is 10.2. The fraction of sp³-hybridized carbons (Fsp3) is 0.467. The molecule has 0 N–H and O–H groups in total. The van der Waals surface area contributed by atoms with Crippen molar-refractivity contribution < 1.29 is 0 Å². The Hall–Kier alpha value is -1.26. The van der Waals surface area contributed by atoms with Crippen LogP contribution < -0.4 is 0 Å². The number of hydrogen-bond donors (Lipinski definition) is 0. The van der Waals surface area contributed by atoms with E-state index >= 15 is 0 Å². The first-order valence-electron chi connectivity index (χ1n) is 6.86. The Bertz CT molecular complexity index is 614. The average molecular weight is 275 g/mol. The van der Waals surface area contributed by atoms with Crippen molar-refractivity contribution in [2.45, 2.75) is 27.3 Å². The van der Waals surface area contributed by atoms with Gasteiger partial charge in [-0.2, -0.15) is 0 Å². The van der Waals surface area contributed by atoms with E-state index in [1.165, 1.54) is 0 Å². The van der Waals surface area contributed by atoms with E-state index in [0.29, 0.717) is 0 Å². The predicted molar refractivity (Wildman–Crippen MR) is 83.1 cm³/mol. The monoisotopic (exact) mass is 275 g/mol. The minimum absolute atomic E-state index is 0.898. The number of likely N-dealkylation sites (N-methyl/N-ethyl adjacent to an activating group) is 1. The molecule has 0 fully saturated rings. The van der Waals surface area contributed by atoms with E-state index in [0.717, 1.165) is 47.5 Å². The van der Waals surface area contributed by atoms with Gasteiger partial charge in [-0.3, -0.25) is 0 Å². The van der Waals surface area contributed by atoms with Gasteiger partial charge in [-0.05, 0) is 32.1 Å². The van der Waals surface area contributed by atoms with Crippen LogP contribution in [0.15, 0.2) is 24.3 Å². The third-order valence-electron chi connectivity index (χ3n) is 3.59. The molecule has 102 valence electrons. The maximum Gasteiger partial charge on any atom is 0.116 e. The summed E-state index contributed by atoms with van der Waals surface area (Å²) in [5, 5.41) is 1.07. The molecule has 0 saturated carbocycles. The van der Waals surface area contributed by atoms with E-state index in [-0.39, 0.29) is 0 Å². The van der Waals surface area contributed by atoms with E-state index in [1.54, 1.807) is 0 Å². The summed E-state index contributed by atoms with van der Waals surface area (Å²) in [6, 6.07) is 8.10. The number of fused-ring (bicyclic) bond motifs is 1. The fourth-order valence-corrected chi connectivity index (χ4v) is 2.72. The molecule has 19 heavy (non-hydrogen) atoms.